The zero-order valence-corrected chi connectivity index (χ0v) is 11.1. The van der Waals surface area contributed by atoms with Gasteiger partial charge in [0.2, 0.25) is 5.91 Å². The first kappa shape index (κ1) is 14.3. The van der Waals surface area contributed by atoms with Crippen molar-refractivity contribution >= 4 is 5.91 Å². The van der Waals surface area contributed by atoms with E-state index in [2.05, 4.69) is 0 Å². The number of benzene rings is 1. The number of amides is 1. The van der Waals surface area contributed by atoms with Gasteiger partial charge in [-0.15, -0.1) is 0 Å². The van der Waals surface area contributed by atoms with Crippen molar-refractivity contribution < 1.29 is 14.3 Å². The lowest BCUT2D eigenvalue weighted by Gasteiger charge is -2.19. The molecule has 0 aliphatic heterocycles. The van der Waals surface area contributed by atoms with Crippen molar-refractivity contribution in [2.24, 2.45) is 5.73 Å². The first-order chi connectivity index (χ1) is 8.60. The molecule has 1 aromatic rings. The molecule has 0 aliphatic carbocycles. The highest BCUT2D eigenvalue weighted by Crippen LogP contribution is 2.27. The van der Waals surface area contributed by atoms with E-state index in [0.717, 1.165) is 12.1 Å². The third-order valence-corrected chi connectivity index (χ3v) is 2.68. The number of likely N-dealkylation sites (N-methyl/N-ethyl adjacent to an activating group) is 1. The Balaban J connectivity index is 2.80. The number of carbonyl (C=O) groups is 1. The second kappa shape index (κ2) is 6.86. The molecule has 0 saturated heterocycles. The summed E-state index contributed by atoms with van der Waals surface area (Å²) < 4.78 is 10.4. The number of ether oxygens (including phenoxy) is 2. The molecule has 18 heavy (non-hydrogen) atoms. The number of hydrogen-bond donors (Lipinski definition) is 1. The van der Waals surface area contributed by atoms with E-state index in [1.54, 1.807) is 14.2 Å². The van der Waals surface area contributed by atoms with Crippen molar-refractivity contribution in [1.29, 1.82) is 0 Å². The smallest absolute Gasteiger partial charge is 0.231 e. The van der Waals surface area contributed by atoms with Crippen LogP contribution < -0.4 is 15.2 Å². The van der Waals surface area contributed by atoms with E-state index in [1.165, 1.54) is 0 Å². The van der Waals surface area contributed by atoms with Crippen LogP contribution in [0.4, 0.5) is 0 Å². The fourth-order valence-corrected chi connectivity index (χ4v) is 1.74. The highest BCUT2D eigenvalue weighted by atomic mass is 16.5. The zero-order chi connectivity index (χ0) is 13.5. The van der Waals surface area contributed by atoms with Crippen LogP contribution in [-0.4, -0.2) is 38.1 Å². The fourth-order valence-electron chi connectivity index (χ4n) is 1.74. The second-order valence-electron chi connectivity index (χ2n) is 3.96. The van der Waals surface area contributed by atoms with Gasteiger partial charge >= 0.3 is 0 Å². The number of methoxy groups -OCH3 is 2. The van der Waals surface area contributed by atoms with E-state index in [9.17, 15) is 4.79 Å². The van der Waals surface area contributed by atoms with E-state index in [0.29, 0.717) is 18.0 Å². The average molecular weight is 252 g/mol. The summed E-state index contributed by atoms with van der Waals surface area (Å²) in [6.45, 7) is 3.66. The van der Waals surface area contributed by atoms with E-state index in [4.69, 9.17) is 15.2 Å². The van der Waals surface area contributed by atoms with Crippen molar-refractivity contribution in [2.45, 2.75) is 13.5 Å². The summed E-state index contributed by atoms with van der Waals surface area (Å²) in [6, 6.07) is 5.71. The van der Waals surface area contributed by atoms with Gasteiger partial charge in [0.1, 0.15) is 0 Å². The number of rotatable bonds is 7. The molecule has 0 atom stereocenters. The van der Waals surface area contributed by atoms with Crippen molar-refractivity contribution in [3.63, 3.8) is 0 Å². The molecule has 1 rings (SSSR count). The molecule has 1 aromatic carbocycles. The lowest BCUT2D eigenvalue weighted by Crippen LogP contribution is -2.33. The van der Waals surface area contributed by atoms with E-state index in [1.807, 2.05) is 30.0 Å². The summed E-state index contributed by atoms with van der Waals surface area (Å²) in [5.41, 5.74) is 6.25. The maximum absolute atomic E-state index is 10.9. The van der Waals surface area contributed by atoms with Crippen molar-refractivity contribution in [2.75, 3.05) is 27.3 Å². The Labute approximate surface area is 107 Å². The van der Waals surface area contributed by atoms with Gasteiger partial charge in [-0.3, -0.25) is 9.69 Å². The zero-order valence-electron chi connectivity index (χ0n) is 11.1. The van der Waals surface area contributed by atoms with Crippen LogP contribution in [0.5, 0.6) is 11.5 Å². The molecule has 5 heteroatoms. The van der Waals surface area contributed by atoms with Gasteiger partial charge in [0.15, 0.2) is 11.5 Å². The number of hydrogen-bond acceptors (Lipinski definition) is 4. The highest BCUT2D eigenvalue weighted by molar-refractivity contribution is 5.75. The molecule has 0 spiro atoms. The van der Waals surface area contributed by atoms with Gasteiger partial charge in [-0.1, -0.05) is 13.0 Å². The summed E-state index contributed by atoms with van der Waals surface area (Å²) in [4.78, 5) is 12.9. The molecule has 100 valence electrons. The summed E-state index contributed by atoms with van der Waals surface area (Å²) in [5.74, 6) is 1.06. The Hall–Kier alpha value is -1.75. The maximum Gasteiger partial charge on any atom is 0.231 e. The van der Waals surface area contributed by atoms with Gasteiger partial charge < -0.3 is 15.2 Å². The average Bonchev–Trinajstić information content (AvgIpc) is 2.37. The quantitative estimate of drug-likeness (QED) is 0.786. The summed E-state index contributed by atoms with van der Waals surface area (Å²) in [6.07, 6.45) is 0. The molecule has 0 aliphatic rings. The van der Waals surface area contributed by atoms with Crippen LogP contribution in [0.1, 0.15) is 12.5 Å². The van der Waals surface area contributed by atoms with Gasteiger partial charge in [-0.25, -0.2) is 0 Å². The van der Waals surface area contributed by atoms with Crippen LogP contribution in [0.3, 0.4) is 0 Å². The standard InChI is InChI=1S/C13H20N2O3/c1-4-15(9-13(14)16)8-10-5-6-11(17-2)12(7-10)18-3/h5-7H,4,8-9H2,1-3H3,(H2,14,16). The Bertz CT molecular complexity index is 407. The van der Waals surface area contributed by atoms with Crippen molar-refractivity contribution in [1.82, 2.24) is 4.90 Å². The molecule has 0 unspecified atom stereocenters. The molecule has 0 heterocycles. The van der Waals surface area contributed by atoms with Crippen LogP contribution in [-0.2, 0) is 11.3 Å². The van der Waals surface area contributed by atoms with Gasteiger partial charge in [0.25, 0.3) is 0 Å². The van der Waals surface area contributed by atoms with Crippen LogP contribution in [0.2, 0.25) is 0 Å². The third-order valence-electron chi connectivity index (χ3n) is 2.68. The van der Waals surface area contributed by atoms with Gasteiger partial charge in [-0.05, 0) is 24.2 Å². The van der Waals surface area contributed by atoms with Gasteiger partial charge in [-0.2, -0.15) is 0 Å². The molecule has 1 amide bonds. The number of primary amides is 1. The number of carbonyl (C=O) groups excluding carboxylic acids is 1. The highest BCUT2D eigenvalue weighted by Gasteiger charge is 2.09. The monoisotopic (exact) mass is 252 g/mol. The van der Waals surface area contributed by atoms with Crippen LogP contribution in [0.25, 0.3) is 0 Å². The Kier molecular flexibility index (Phi) is 5.45. The van der Waals surface area contributed by atoms with Crippen LogP contribution in [0, 0.1) is 0 Å². The first-order valence-electron chi connectivity index (χ1n) is 5.82. The van der Waals surface area contributed by atoms with E-state index in [-0.39, 0.29) is 12.5 Å². The Morgan fingerprint density at radius 2 is 1.94 bits per heavy atom. The summed E-state index contributed by atoms with van der Waals surface area (Å²) in [7, 11) is 3.20. The second-order valence-corrected chi connectivity index (χ2v) is 3.96. The van der Waals surface area contributed by atoms with Crippen LogP contribution >= 0.6 is 0 Å². The molecule has 2 N–H and O–H groups in total. The Morgan fingerprint density at radius 3 is 2.44 bits per heavy atom. The fraction of sp³-hybridized carbons (Fsp3) is 0.462. The lowest BCUT2D eigenvalue weighted by molar-refractivity contribution is -0.119. The molecule has 5 nitrogen and oxygen atoms in total. The first-order valence-corrected chi connectivity index (χ1v) is 5.82. The van der Waals surface area contributed by atoms with Crippen molar-refractivity contribution in [3.8, 4) is 11.5 Å². The normalized spacial score (nSPS) is 10.4. The lowest BCUT2D eigenvalue weighted by atomic mass is 10.2. The molecular formula is C13H20N2O3. The molecule has 0 fully saturated rings. The van der Waals surface area contributed by atoms with Gasteiger partial charge in [0, 0.05) is 6.54 Å². The topological polar surface area (TPSA) is 64.8 Å². The minimum absolute atomic E-state index is 0.255. The summed E-state index contributed by atoms with van der Waals surface area (Å²) in [5, 5.41) is 0. The molecule has 0 saturated carbocycles. The van der Waals surface area contributed by atoms with Crippen molar-refractivity contribution in [3.05, 3.63) is 23.8 Å². The van der Waals surface area contributed by atoms with Gasteiger partial charge in [0.05, 0.1) is 20.8 Å². The molecular weight excluding hydrogens is 232 g/mol. The predicted molar refractivity (Wildman–Crippen MR) is 69.7 cm³/mol. The molecule has 0 radical (unpaired) electrons. The van der Waals surface area contributed by atoms with E-state index < -0.39 is 0 Å². The maximum atomic E-state index is 10.9. The van der Waals surface area contributed by atoms with E-state index >= 15 is 0 Å². The SMILES string of the molecule is CCN(CC(N)=O)Cc1ccc(OC)c(OC)c1. The molecule has 0 bridgehead atoms. The summed E-state index contributed by atoms with van der Waals surface area (Å²) >= 11 is 0. The minimum atomic E-state index is -0.322. The largest absolute Gasteiger partial charge is 0.493 e. The number of nitrogens with zero attached hydrogens (tertiary/aromatic N) is 1. The Morgan fingerprint density at radius 1 is 1.28 bits per heavy atom. The number of nitrogens with two attached hydrogens (primary N) is 1. The minimum Gasteiger partial charge on any atom is -0.493 e. The molecule has 0 aromatic heterocycles. The predicted octanol–water partition coefficient (Wildman–Crippen LogP) is 1.01. The third kappa shape index (κ3) is 3.92. The van der Waals surface area contributed by atoms with Crippen LogP contribution in [0.15, 0.2) is 18.2 Å².